The van der Waals surface area contributed by atoms with Crippen molar-refractivity contribution in [2.75, 3.05) is 13.1 Å². The third-order valence-electron chi connectivity index (χ3n) is 6.42. The molecule has 1 atom stereocenters. The third-order valence-corrected chi connectivity index (χ3v) is 6.42. The zero-order valence-corrected chi connectivity index (χ0v) is 19.8. The molecule has 0 N–H and O–H groups in total. The molecule has 0 aromatic carbocycles. The Labute approximate surface area is 178 Å². The van der Waals surface area contributed by atoms with Gasteiger partial charge in [-0.25, -0.2) is 0 Å². The summed E-state index contributed by atoms with van der Waals surface area (Å²) >= 11 is 0. The van der Waals surface area contributed by atoms with Gasteiger partial charge in [0.15, 0.2) is 0 Å². The molecule has 166 valence electrons. The van der Waals surface area contributed by atoms with E-state index in [1.807, 2.05) is 0 Å². The number of nitrogens with zero attached hydrogens (tertiary/aromatic N) is 2. The second-order valence-corrected chi connectivity index (χ2v) is 8.94. The first kappa shape index (κ1) is 25.4. The molecule has 0 aromatic heterocycles. The van der Waals surface area contributed by atoms with E-state index in [-0.39, 0.29) is 0 Å². The molecule has 1 aliphatic rings. The van der Waals surface area contributed by atoms with Crippen LogP contribution in [0.4, 0.5) is 0 Å². The lowest BCUT2D eigenvalue weighted by atomic mass is 10.0. The lowest BCUT2D eigenvalue weighted by molar-refractivity contribution is 0.142. The molecule has 0 bridgehead atoms. The maximum atomic E-state index is 2.61. The highest BCUT2D eigenvalue weighted by molar-refractivity contribution is 4.96. The fourth-order valence-electron chi connectivity index (χ4n) is 4.50. The fraction of sp³-hybridized carbons (Fsp3) is 0.923. The number of hydrogen-bond donors (Lipinski definition) is 0. The van der Waals surface area contributed by atoms with Crippen LogP contribution in [0.25, 0.3) is 0 Å². The highest BCUT2D eigenvalue weighted by Crippen LogP contribution is 2.22. The van der Waals surface area contributed by atoms with Gasteiger partial charge in [0.05, 0.1) is 0 Å². The largest absolute Gasteiger partial charge is 0.356 e. The Hall–Kier alpha value is -0.660. The number of rotatable bonds is 20. The van der Waals surface area contributed by atoms with Gasteiger partial charge < -0.3 is 9.80 Å². The van der Waals surface area contributed by atoms with E-state index in [0.29, 0.717) is 6.17 Å². The van der Waals surface area contributed by atoms with Gasteiger partial charge in [-0.1, -0.05) is 110 Å². The Morgan fingerprint density at radius 1 is 0.500 bits per heavy atom. The second kappa shape index (κ2) is 18.4. The maximum absolute atomic E-state index is 2.61. The Morgan fingerprint density at radius 3 is 1.43 bits per heavy atom. The van der Waals surface area contributed by atoms with Gasteiger partial charge in [0.1, 0.15) is 6.17 Å². The van der Waals surface area contributed by atoms with E-state index in [1.54, 1.807) is 0 Å². The molecule has 1 heterocycles. The highest BCUT2D eigenvalue weighted by atomic mass is 15.4. The van der Waals surface area contributed by atoms with Crippen molar-refractivity contribution in [1.82, 2.24) is 9.80 Å². The van der Waals surface area contributed by atoms with Gasteiger partial charge in [0.2, 0.25) is 0 Å². The van der Waals surface area contributed by atoms with Gasteiger partial charge in [0.25, 0.3) is 0 Å². The molecule has 2 heteroatoms. The molecule has 0 saturated carbocycles. The van der Waals surface area contributed by atoms with E-state index < -0.39 is 0 Å². The minimum absolute atomic E-state index is 0.638. The molecule has 0 aliphatic carbocycles. The second-order valence-electron chi connectivity index (χ2n) is 8.94. The summed E-state index contributed by atoms with van der Waals surface area (Å²) in [7, 11) is 0. The van der Waals surface area contributed by atoms with Crippen LogP contribution in [-0.4, -0.2) is 29.1 Å². The van der Waals surface area contributed by atoms with E-state index >= 15 is 0 Å². The normalized spacial score (nSPS) is 16.5. The molecular formula is C26H52N2. The Bertz CT molecular complexity index is 352. The van der Waals surface area contributed by atoms with Crippen molar-refractivity contribution >= 4 is 0 Å². The first-order valence-corrected chi connectivity index (χ1v) is 13.0. The Morgan fingerprint density at radius 2 is 0.929 bits per heavy atom. The van der Waals surface area contributed by atoms with Gasteiger partial charge in [-0.2, -0.15) is 0 Å². The molecule has 0 radical (unpaired) electrons. The lowest BCUT2D eigenvalue weighted by Crippen LogP contribution is -2.38. The standard InChI is InChI=1S/C26H52N2/c1-4-7-9-11-12-13-14-15-16-17-18-19-20-22-26-27(6-3)24-25-28(26)23-21-10-8-5-2/h24-26H,4-23H2,1-3H3. The molecule has 2 nitrogen and oxygen atoms in total. The van der Waals surface area contributed by atoms with Gasteiger partial charge in [-0.15, -0.1) is 0 Å². The lowest BCUT2D eigenvalue weighted by Gasteiger charge is -2.32. The van der Waals surface area contributed by atoms with Crippen LogP contribution in [0.5, 0.6) is 0 Å². The quantitative estimate of drug-likeness (QED) is 0.192. The maximum Gasteiger partial charge on any atom is 0.101 e. The van der Waals surface area contributed by atoms with Crippen molar-refractivity contribution in [3.8, 4) is 0 Å². The number of unbranched alkanes of at least 4 members (excludes halogenated alkanes) is 15. The van der Waals surface area contributed by atoms with Crippen LogP contribution in [0, 0.1) is 0 Å². The van der Waals surface area contributed by atoms with Crippen LogP contribution >= 0.6 is 0 Å². The Kier molecular flexibility index (Phi) is 16.7. The van der Waals surface area contributed by atoms with Crippen molar-refractivity contribution in [1.29, 1.82) is 0 Å². The van der Waals surface area contributed by atoms with Crippen LogP contribution in [0.3, 0.4) is 0 Å². The Balaban J connectivity index is 1.98. The van der Waals surface area contributed by atoms with Crippen molar-refractivity contribution in [2.45, 2.75) is 143 Å². The van der Waals surface area contributed by atoms with E-state index in [1.165, 1.54) is 122 Å². The summed E-state index contributed by atoms with van der Waals surface area (Å²) in [5.41, 5.74) is 0. The average molecular weight is 393 g/mol. The molecule has 0 fully saturated rings. The zero-order chi connectivity index (χ0) is 20.3. The SMILES string of the molecule is CCCCCCCCCCCCCCCC1N(CC)C=CN1CCCCCC. The van der Waals surface area contributed by atoms with Gasteiger partial charge >= 0.3 is 0 Å². The first-order valence-electron chi connectivity index (χ1n) is 13.0. The number of hydrogen-bond acceptors (Lipinski definition) is 2. The van der Waals surface area contributed by atoms with Crippen LogP contribution in [-0.2, 0) is 0 Å². The van der Waals surface area contributed by atoms with E-state index in [2.05, 4.69) is 43.0 Å². The predicted octanol–water partition coefficient (Wildman–Crippen LogP) is 8.48. The van der Waals surface area contributed by atoms with Gasteiger partial charge in [0, 0.05) is 25.5 Å². The zero-order valence-electron chi connectivity index (χ0n) is 19.8. The monoisotopic (exact) mass is 392 g/mol. The summed E-state index contributed by atoms with van der Waals surface area (Å²) in [4.78, 5) is 5.15. The van der Waals surface area contributed by atoms with Crippen LogP contribution in [0.1, 0.15) is 136 Å². The van der Waals surface area contributed by atoms with Crippen LogP contribution in [0.15, 0.2) is 12.4 Å². The third kappa shape index (κ3) is 12.0. The van der Waals surface area contributed by atoms with Crippen molar-refractivity contribution in [3.05, 3.63) is 12.4 Å². The van der Waals surface area contributed by atoms with E-state index in [4.69, 9.17) is 0 Å². The summed E-state index contributed by atoms with van der Waals surface area (Å²) in [5.74, 6) is 0. The summed E-state index contributed by atoms with van der Waals surface area (Å²) in [6, 6.07) is 0. The molecule has 1 aliphatic heterocycles. The molecule has 0 spiro atoms. The van der Waals surface area contributed by atoms with Crippen LogP contribution < -0.4 is 0 Å². The van der Waals surface area contributed by atoms with Crippen molar-refractivity contribution in [3.63, 3.8) is 0 Å². The van der Waals surface area contributed by atoms with E-state index in [9.17, 15) is 0 Å². The summed E-state index contributed by atoms with van der Waals surface area (Å²) in [6.07, 6.45) is 30.9. The highest BCUT2D eigenvalue weighted by Gasteiger charge is 2.23. The van der Waals surface area contributed by atoms with Crippen LogP contribution in [0.2, 0.25) is 0 Å². The van der Waals surface area contributed by atoms with Gasteiger partial charge in [-0.05, 0) is 26.2 Å². The van der Waals surface area contributed by atoms with Gasteiger partial charge in [-0.3, -0.25) is 0 Å². The summed E-state index contributed by atoms with van der Waals surface area (Å²) < 4.78 is 0. The molecule has 1 rings (SSSR count). The average Bonchev–Trinajstić information content (AvgIpc) is 3.10. The summed E-state index contributed by atoms with van der Waals surface area (Å²) in [5, 5.41) is 0. The minimum atomic E-state index is 0.638. The first-order chi connectivity index (χ1) is 13.8. The molecule has 0 amide bonds. The molecule has 28 heavy (non-hydrogen) atoms. The summed E-state index contributed by atoms with van der Waals surface area (Å²) in [6.45, 7) is 9.28. The minimum Gasteiger partial charge on any atom is -0.356 e. The van der Waals surface area contributed by atoms with Crippen molar-refractivity contribution in [2.24, 2.45) is 0 Å². The molecule has 0 aromatic rings. The molecule has 1 unspecified atom stereocenters. The molecule has 0 saturated heterocycles. The fourth-order valence-corrected chi connectivity index (χ4v) is 4.50. The van der Waals surface area contributed by atoms with Crippen molar-refractivity contribution < 1.29 is 0 Å². The smallest absolute Gasteiger partial charge is 0.101 e. The predicted molar refractivity (Wildman–Crippen MR) is 126 cm³/mol. The van der Waals surface area contributed by atoms with E-state index in [0.717, 1.165) is 6.54 Å². The topological polar surface area (TPSA) is 6.48 Å². The molecular weight excluding hydrogens is 340 g/mol.